The number of nitrogens with one attached hydrogen (secondary N) is 1. The van der Waals surface area contributed by atoms with Gasteiger partial charge in [0.1, 0.15) is 0 Å². The fourth-order valence-electron chi connectivity index (χ4n) is 2.62. The summed E-state index contributed by atoms with van der Waals surface area (Å²) in [5.41, 5.74) is 0.297. The van der Waals surface area contributed by atoms with Gasteiger partial charge in [0.25, 0.3) is 0 Å². The molecule has 2 rings (SSSR count). The largest absolute Gasteiger partial charge is 0.416 e. The van der Waals surface area contributed by atoms with E-state index in [2.05, 4.69) is 12.2 Å². The number of alkyl halides is 3. The standard InChI is InChI=1S/C14H18F3N/c1-13(6-3-7-18-10-13)9-11-4-2-5-12(8-11)14(15,16)17/h2,4-5,8,18H,3,6-7,9-10H2,1H3. The zero-order valence-corrected chi connectivity index (χ0v) is 10.5. The molecule has 1 N–H and O–H groups in total. The van der Waals surface area contributed by atoms with Crippen LogP contribution >= 0.6 is 0 Å². The molecule has 0 aliphatic carbocycles. The molecule has 1 aliphatic heterocycles. The molecule has 100 valence electrons. The summed E-state index contributed by atoms with van der Waals surface area (Å²) >= 11 is 0. The van der Waals surface area contributed by atoms with Crippen LogP contribution < -0.4 is 5.32 Å². The van der Waals surface area contributed by atoms with E-state index in [0.29, 0.717) is 6.42 Å². The first-order valence-corrected chi connectivity index (χ1v) is 6.26. The molecule has 0 bridgehead atoms. The number of benzene rings is 1. The van der Waals surface area contributed by atoms with Crippen molar-refractivity contribution in [2.45, 2.75) is 32.4 Å². The molecule has 1 atom stereocenters. The summed E-state index contributed by atoms with van der Waals surface area (Å²) in [5, 5.41) is 3.32. The topological polar surface area (TPSA) is 12.0 Å². The highest BCUT2D eigenvalue weighted by molar-refractivity contribution is 5.26. The van der Waals surface area contributed by atoms with E-state index in [0.717, 1.165) is 37.6 Å². The van der Waals surface area contributed by atoms with Gasteiger partial charge in [-0.1, -0.05) is 25.1 Å². The maximum Gasteiger partial charge on any atom is 0.416 e. The minimum Gasteiger partial charge on any atom is -0.316 e. The minimum absolute atomic E-state index is 0.0719. The van der Waals surface area contributed by atoms with Crippen molar-refractivity contribution in [3.63, 3.8) is 0 Å². The molecule has 1 fully saturated rings. The third kappa shape index (κ3) is 3.25. The molecule has 0 aromatic heterocycles. The molecule has 1 heterocycles. The molecule has 1 unspecified atom stereocenters. The summed E-state index contributed by atoms with van der Waals surface area (Å²) in [6.07, 6.45) is -1.39. The van der Waals surface area contributed by atoms with Crippen LogP contribution in [-0.4, -0.2) is 13.1 Å². The van der Waals surface area contributed by atoms with Crippen LogP contribution in [0.4, 0.5) is 13.2 Å². The third-order valence-electron chi connectivity index (χ3n) is 3.57. The Kier molecular flexibility index (Phi) is 3.66. The van der Waals surface area contributed by atoms with Gasteiger partial charge >= 0.3 is 6.18 Å². The van der Waals surface area contributed by atoms with E-state index in [-0.39, 0.29) is 5.41 Å². The van der Waals surface area contributed by atoms with Gasteiger partial charge in [0.2, 0.25) is 0 Å². The van der Waals surface area contributed by atoms with Gasteiger partial charge in [0.05, 0.1) is 5.56 Å². The highest BCUT2D eigenvalue weighted by Crippen LogP contribution is 2.33. The van der Waals surface area contributed by atoms with Crippen LogP contribution in [0.2, 0.25) is 0 Å². The van der Waals surface area contributed by atoms with E-state index in [1.54, 1.807) is 6.07 Å². The van der Waals surface area contributed by atoms with Crippen molar-refractivity contribution in [1.82, 2.24) is 5.32 Å². The predicted molar refractivity (Wildman–Crippen MR) is 65.4 cm³/mol. The summed E-state index contributed by atoms with van der Waals surface area (Å²) < 4.78 is 37.9. The molecule has 0 saturated carbocycles. The van der Waals surface area contributed by atoms with Crippen molar-refractivity contribution in [3.8, 4) is 0 Å². The molecule has 4 heteroatoms. The highest BCUT2D eigenvalue weighted by atomic mass is 19.4. The maximum atomic E-state index is 12.6. The van der Waals surface area contributed by atoms with Crippen molar-refractivity contribution in [2.75, 3.05) is 13.1 Å². The lowest BCUT2D eigenvalue weighted by Gasteiger charge is -2.34. The maximum absolute atomic E-state index is 12.6. The Morgan fingerprint density at radius 2 is 2.11 bits per heavy atom. The van der Waals surface area contributed by atoms with E-state index in [1.165, 1.54) is 12.1 Å². The van der Waals surface area contributed by atoms with Gasteiger partial charge in [0.15, 0.2) is 0 Å². The molecule has 0 radical (unpaired) electrons. The number of hydrogen-bond donors (Lipinski definition) is 1. The van der Waals surface area contributed by atoms with E-state index >= 15 is 0 Å². The fourth-order valence-corrected chi connectivity index (χ4v) is 2.62. The van der Waals surface area contributed by atoms with Crippen LogP contribution in [0.3, 0.4) is 0 Å². The van der Waals surface area contributed by atoms with Crippen LogP contribution in [-0.2, 0) is 12.6 Å². The second-order valence-electron chi connectivity index (χ2n) is 5.47. The molecule has 1 saturated heterocycles. The molecular weight excluding hydrogens is 239 g/mol. The van der Waals surface area contributed by atoms with Gasteiger partial charge in [-0.05, 0) is 42.9 Å². The molecule has 1 aromatic carbocycles. The van der Waals surface area contributed by atoms with E-state index in [1.807, 2.05) is 0 Å². The van der Waals surface area contributed by atoms with E-state index < -0.39 is 11.7 Å². The number of piperidine rings is 1. The number of hydrogen-bond acceptors (Lipinski definition) is 1. The van der Waals surface area contributed by atoms with Crippen LogP contribution in [0, 0.1) is 5.41 Å². The summed E-state index contributed by atoms with van der Waals surface area (Å²) in [5.74, 6) is 0. The molecule has 1 aromatic rings. The van der Waals surface area contributed by atoms with Gasteiger partial charge in [0, 0.05) is 6.54 Å². The third-order valence-corrected chi connectivity index (χ3v) is 3.57. The Morgan fingerprint density at radius 3 is 2.72 bits per heavy atom. The average molecular weight is 257 g/mol. The van der Waals surface area contributed by atoms with Crippen molar-refractivity contribution in [2.24, 2.45) is 5.41 Å². The lowest BCUT2D eigenvalue weighted by molar-refractivity contribution is -0.137. The molecule has 1 nitrogen and oxygen atoms in total. The summed E-state index contributed by atoms with van der Waals surface area (Å²) in [4.78, 5) is 0. The SMILES string of the molecule is CC1(Cc2cccc(C(F)(F)F)c2)CCCNC1. The normalized spacial score (nSPS) is 25.1. The van der Waals surface area contributed by atoms with Crippen molar-refractivity contribution >= 4 is 0 Å². The van der Waals surface area contributed by atoms with Gasteiger partial charge in [-0.25, -0.2) is 0 Å². The summed E-state index contributed by atoms with van der Waals surface area (Å²) in [6.45, 7) is 4.03. The van der Waals surface area contributed by atoms with E-state index in [9.17, 15) is 13.2 Å². The fraction of sp³-hybridized carbons (Fsp3) is 0.571. The molecule has 0 amide bonds. The first-order chi connectivity index (χ1) is 8.39. The van der Waals surface area contributed by atoms with Gasteiger partial charge in [-0.2, -0.15) is 13.2 Å². The zero-order chi connectivity index (χ0) is 13.2. The van der Waals surface area contributed by atoms with Gasteiger partial charge < -0.3 is 5.32 Å². The van der Waals surface area contributed by atoms with Crippen LogP contribution in [0.25, 0.3) is 0 Å². The zero-order valence-electron chi connectivity index (χ0n) is 10.5. The average Bonchev–Trinajstić information content (AvgIpc) is 2.28. The quantitative estimate of drug-likeness (QED) is 0.853. The van der Waals surface area contributed by atoms with Crippen LogP contribution in [0.5, 0.6) is 0 Å². The van der Waals surface area contributed by atoms with Gasteiger partial charge in [-0.3, -0.25) is 0 Å². The lowest BCUT2D eigenvalue weighted by Crippen LogP contribution is -2.39. The van der Waals surface area contributed by atoms with Crippen molar-refractivity contribution < 1.29 is 13.2 Å². The van der Waals surface area contributed by atoms with E-state index in [4.69, 9.17) is 0 Å². The lowest BCUT2D eigenvalue weighted by atomic mass is 9.77. The summed E-state index contributed by atoms with van der Waals surface area (Å²) in [6, 6.07) is 5.69. The summed E-state index contributed by atoms with van der Waals surface area (Å²) in [7, 11) is 0. The molecular formula is C14H18F3N. The predicted octanol–water partition coefficient (Wildman–Crippen LogP) is 3.64. The minimum atomic E-state index is -4.25. The highest BCUT2D eigenvalue weighted by Gasteiger charge is 2.32. The Labute approximate surface area is 105 Å². The number of rotatable bonds is 2. The first-order valence-electron chi connectivity index (χ1n) is 6.26. The van der Waals surface area contributed by atoms with Crippen LogP contribution in [0.1, 0.15) is 30.9 Å². The Hall–Kier alpha value is -1.03. The Balaban J connectivity index is 2.14. The van der Waals surface area contributed by atoms with Crippen LogP contribution in [0.15, 0.2) is 24.3 Å². The molecule has 0 spiro atoms. The second kappa shape index (κ2) is 4.92. The van der Waals surface area contributed by atoms with Gasteiger partial charge in [-0.15, -0.1) is 0 Å². The van der Waals surface area contributed by atoms with Crippen molar-refractivity contribution in [3.05, 3.63) is 35.4 Å². The smallest absolute Gasteiger partial charge is 0.316 e. The van der Waals surface area contributed by atoms with Crippen molar-refractivity contribution in [1.29, 1.82) is 0 Å². The molecule has 1 aliphatic rings. The Bertz CT molecular complexity index is 406. The second-order valence-corrected chi connectivity index (χ2v) is 5.47. The number of halogens is 3. The molecule has 18 heavy (non-hydrogen) atoms. The Morgan fingerprint density at radius 1 is 1.33 bits per heavy atom. The monoisotopic (exact) mass is 257 g/mol. The first kappa shape index (κ1) is 13.4.